The summed E-state index contributed by atoms with van der Waals surface area (Å²) >= 11 is 0. The van der Waals surface area contributed by atoms with Gasteiger partial charge in [0.05, 0.1) is 19.1 Å². The van der Waals surface area contributed by atoms with Gasteiger partial charge in [0.1, 0.15) is 0 Å². The number of rotatable bonds is 6. The van der Waals surface area contributed by atoms with Gasteiger partial charge in [0, 0.05) is 32.2 Å². The van der Waals surface area contributed by atoms with E-state index in [1.165, 1.54) is 11.0 Å². The first kappa shape index (κ1) is 15.3. The van der Waals surface area contributed by atoms with Crippen LogP contribution in [-0.4, -0.2) is 43.7 Å². The molecule has 0 N–H and O–H groups in total. The van der Waals surface area contributed by atoms with Gasteiger partial charge in [0.25, 0.3) is 5.91 Å². The van der Waals surface area contributed by atoms with Crippen LogP contribution in [0.4, 0.5) is 4.39 Å². The van der Waals surface area contributed by atoms with Crippen LogP contribution in [0.5, 0.6) is 5.75 Å². The Bertz CT molecular complexity index is 556. The molecule has 1 atom stereocenters. The molecule has 0 radical (unpaired) electrons. The van der Waals surface area contributed by atoms with Gasteiger partial charge in [-0.15, -0.1) is 0 Å². The zero-order valence-electron chi connectivity index (χ0n) is 11.8. The van der Waals surface area contributed by atoms with Crippen LogP contribution in [-0.2, 0) is 16.0 Å². The Balaban J connectivity index is 2.05. The molecule has 6 heteroatoms. The number of carbonyl (C=O) groups is 1. The number of halogens is 1. The van der Waals surface area contributed by atoms with Crippen LogP contribution in [0.15, 0.2) is 18.2 Å². The highest BCUT2D eigenvalue weighted by Gasteiger charge is 2.33. The van der Waals surface area contributed by atoms with Crippen molar-refractivity contribution in [2.45, 2.75) is 18.9 Å². The van der Waals surface area contributed by atoms with Crippen molar-refractivity contribution in [1.82, 2.24) is 4.90 Å². The Morgan fingerprint density at radius 1 is 1.57 bits per heavy atom. The van der Waals surface area contributed by atoms with E-state index < -0.39 is 11.9 Å². The van der Waals surface area contributed by atoms with E-state index in [1.54, 1.807) is 19.2 Å². The zero-order valence-corrected chi connectivity index (χ0v) is 11.8. The minimum absolute atomic E-state index is 0.155. The van der Waals surface area contributed by atoms with Crippen molar-refractivity contribution in [2.75, 3.05) is 26.8 Å². The van der Waals surface area contributed by atoms with E-state index >= 15 is 0 Å². The summed E-state index contributed by atoms with van der Waals surface area (Å²) in [6.45, 7) is 1.08. The first-order chi connectivity index (χ1) is 10.2. The third kappa shape index (κ3) is 3.50. The molecule has 1 aliphatic heterocycles. The predicted molar refractivity (Wildman–Crippen MR) is 73.2 cm³/mol. The van der Waals surface area contributed by atoms with Gasteiger partial charge in [-0.3, -0.25) is 4.79 Å². The summed E-state index contributed by atoms with van der Waals surface area (Å²) in [5.74, 6) is -0.538. The highest BCUT2D eigenvalue weighted by atomic mass is 19.1. The van der Waals surface area contributed by atoms with Crippen molar-refractivity contribution < 1.29 is 18.7 Å². The number of benzene rings is 1. The van der Waals surface area contributed by atoms with Crippen molar-refractivity contribution in [2.24, 2.45) is 0 Å². The zero-order chi connectivity index (χ0) is 15.2. The number of hydrogen-bond acceptors (Lipinski definition) is 4. The summed E-state index contributed by atoms with van der Waals surface area (Å²) in [6.07, 6.45) is -0.140. The molecule has 0 unspecified atom stereocenters. The second-order valence-corrected chi connectivity index (χ2v) is 4.76. The maximum Gasteiger partial charge on any atom is 0.264 e. The average Bonchev–Trinajstić information content (AvgIpc) is 2.92. The molecule has 21 heavy (non-hydrogen) atoms. The Morgan fingerprint density at radius 3 is 3.05 bits per heavy atom. The number of nitriles is 1. The number of carbonyl (C=O) groups excluding carboxylic acids is 1. The molecule has 1 aromatic carbocycles. The first-order valence-corrected chi connectivity index (χ1v) is 6.76. The van der Waals surface area contributed by atoms with Crippen molar-refractivity contribution in [3.63, 3.8) is 0 Å². The number of para-hydroxylation sites is 1. The van der Waals surface area contributed by atoms with E-state index in [0.717, 1.165) is 0 Å². The van der Waals surface area contributed by atoms with Gasteiger partial charge in [-0.25, -0.2) is 4.39 Å². The van der Waals surface area contributed by atoms with E-state index in [0.29, 0.717) is 31.7 Å². The molecule has 0 bridgehead atoms. The lowest BCUT2D eigenvalue weighted by Crippen LogP contribution is -2.43. The maximum atomic E-state index is 13.6. The Kier molecular flexibility index (Phi) is 5.12. The van der Waals surface area contributed by atoms with Crippen LogP contribution in [0.3, 0.4) is 0 Å². The summed E-state index contributed by atoms with van der Waals surface area (Å²) in [5, 5.41) is 8.67. The molecule has 0 saturated heterocycles. The van der Waals surface area contributed by atoms with Crippen LogP contribution in [0.25, 0.3) is 0 Å². The molecule has 1 aromatic rings. The highest BCUT2D eigenvalue weighted by molar-refractivity contribution is 5.82. The number of hydrogen-bond donors (Lipinski definition) is 0. The smallest absolute Gasteiger partial charge is 0.264 e. The standard InChI is InChI=1S/C15H17FN2O3/c1-20-9-8-18(7-3-6-17)15(19)13-10-11-4-2-5-12(16)14(11)21-13/h2,4-5,13H,3,7-10H2,1H3/t13-/m1/s1. The summed E-state index contributed by atoms with van der Waals surface area (Å²) in [6, 6.07) is 6.67. The SMILES string of the molecule is COCCN(CCC#N)C(=O)[C@H]1Cc2cccc(F)c2O1. The number of methoxy groups -OCH3 is 1. The number of fused-ring (bicyclic) bond motifs is 1. The Labute approximate surface area is 122 Å². The fourth-order valence-electron chi connectivity index (χ4n) is 2.29. The van der Waals surface area contributed by atoms with Gasteiger partial charge < -0.3 is 14.4 Å². The number of amides is 1. The molecule has 112 valence electrons. The number of nitrogens with zero attached hydrogens (tertiary/aromatic N) is 2. The summed E-state index contributed by atoms with van der Waals surface area (Å²) in [5.41, 5.74) is 0.695. The third-order valence-corrected chi connectivity index (χ3v) is 3.36. The first-order valence-electron chi connectivity index (χ1n) is 6.76. The van der Waals surface area contributed by atoms with E-state index in [1.807, 2.05) is 6.07 Å². The number of ether oxygens (including phenoxy) is 2. The molecular weight excluding hydrogens is 275 g/mol. The lowest BCUT2D eigenvalue weighted by molar-refractivity contribution is -0.138. The van der Waals surface area contributed by atoms with Gasteiger partial charge >= 0.3 is 0 Å². The van der Waals surface area contributed by atoms with Gasteiger partial charge in [-0.1, -0.05) is 12.1 Å². The van der Waals surface area contributed by atoms with Crippen molar-refractivity contribution in [3.05, 3.63) is 29.6 Å². The van der Waals surface area contributed by atoms with Gasteiger partial charge in [0.15, 0.2) is 17.7 Å². The molecule has 0 aliphatic carbocycles. The van der Waals surface area contributed by atoms with E-state index in [9.17, 15) is 9.18 Å². The van der Waals surface area contributed by atoms with Crippen LogP contribution in [0.1, 0.15) is 12.0 Å². The van der Waals surface area contributed by atoms with Crippen LogP contribution >= 0.6 is 0 Å². The molecule has 0 fully saturated rings. The molecule has 2 rings (SSSR count). The van der Waals surface area contributed by atoms with E-state index in [-0.39, 0.29) is 18.1 Å². The van der Waals surface area contributed by atoms with Gasteiger partial charge in [0.2, 0.25) is 0 Å². The molecule has 1 aliphatic rings. The van der Waals surface area contributed by atoms with E-state index in [2.05, 4.69) is 0 Å². The fraction of sp³-hybridized carbons (Fsp3) is 0.467. The summed E-state index contributed by atoms with van der Waals surface area (Å²) in [7, 11) is 1.55. The monoisotopic (exact) mass is 292 g/mol. The topological polar surface area (TPSA) is 62.6 Å². The van der Waals surface area contributed by atoms with Gasteiger partial charge in [-0.05, 0) is 6.07 Å². The van der Waals surface area contributed by atoms with Crippen molar-refractivity contribution in [3.8, 4) is 11.8 Å². The average molecular weight is 292 g/mol. The van der Waals surface area contributed by atoms with Crippen molar-refractivity contribution >= 4 is 5.91 Å². The third-order valence-electron chi connectivity index (χ3n) is 3.36. The second kappa shape index (κ2) is 7.04. The molecule has 0 spiro atoms. The molecular formula is C15H17FN2O3. The Hall–Kier alpha value is -2.13. The summed E-state index contributed by atoms with van der Waals surface area (Å²) in [4.78, 5) is 14.0. The quantitative estimate of drug-likeness (QED) is 0.797. The largest absolute Gasteiger partial charge is 0.477 e. The van der Waals surface area contributed by atoms with Crippen molar-refractivity contribution in [1.29, 1.82) is 5.26 Å². The van der Waals surface area contributed by atoms with Crippen LogP contribution in [0, 0.1) is 17.1 Å². The van der Waals surface area contributed by atoms with E-state index in [4.69, 9.17) is 14.7 Å². The minimum Gasteiger partial charge on any atom is -0.477 e. The summed E-state index contributed by atoms with van der Waals surface area (Å²) < 4.78 is 24.0. The van der Waals surface area contributed by atoms with Gasteiger partial charge in [-0.2, -0.15) is 5.26 Å². The lowest BCUT2D eigenvalue weighted by atomic mass is 10.1. The fourth-order valence-corrected chi connectivity index (χ4v) is 2.29. The normalized spacial score (nSPS) is 16.0. The maximum absolute atomic E-state index is 13.6. The molecule has 1 amide bonds. The Morgan fingerprint density at radius 2 is 2.38 bits per heavy atom. The molecule has 0 saturated carbocycles. The predicted octanol–water partition coefficient (Wildman–Crippen LogP) is 1.52. The van der Waals surface area contributed by atoms with Crippen LogP contribution in [0.2, 0.25) is 0 Å². The molecule has 5 nitrogen and oxygen atoms in total. The lowest BCUT2D eigenvalue weighted by Gasteiger charge is -2.24. The minimum atomic E-state index is -0.729. The molecule has 1 heterocycles. The molecule has 0 aromatic heterocycles. The highest BCUT2D eigenvalue weighted by Crippen LogP contribution is 2.32. The van der Waals surface area contributed by atoms with Crippen LogP contribution < -0.4 is 4.74 Å². The second-order valence-electron chi connectivity index (χ2n) is 4.76.